The molecule has 0 amide bonds. The quantitative estimate of drug-likeness (QED) is 0.719. The second-order valence-corrected chi connectivity index (χ2v) is 5.62. The average molecular weight is 317 g/mol. The van der Waals surface area contributed by atoms with Gasteiger partial charge in [-0.05, 0) is 44.0 Å². The minimum atomic E-state index is 0.305. The van der Waals surface area contributed by atoms with Crippen LogP contribution >= 0.6 is 27.5 Å². The van der Waals surface area contributed by atoms with Crippen LogP contribution in [0.5, 0.6) is 0 Å². The van der Waals surface area contributed by atoms with Crippen LogP contribution in [0.3, 0.4) is 0 Å². The third kappa shape index (κ3) is 4.82. The van der Waals surface area contributed by atoms with E-state index >= 15 is 0 Å². The lowest BCUT2D eigenvalue weighted by molar-refractivity contribution is 0.526. The number of hydrogen-bond acceptors (Lipinski definition) is 1. The fourth-order valence-corrected chi connectivity index (χ4v) is 2.70. The first-order valence-electron chi connectivity index (χ1n) is 5.87. The Kier molecular flexibility index (Phi) is 6.24. The highest BCUT2D eigenvalue weighted by Gasteiger charge is 2.14. The van der Waals surface area contributed by atoms with Crippen LogP contribution in [0.1, 0.15) is 38.3 Å². The van der Waals surface area contributed by atoms with Crippen molar-refractivity contribution in [1.82, 2.24) is 5.32 Å². The fraction of sp³-hybridized carbons (Fsp3) is 0.429. The lowest BCUT2D eigenvalue weighted by atomic mass is 10.0. The van der Waals surface area contributed by atoms with Gasteiger partial charge in [-0.1, -0.05) is 46.1 Å². The van der Waals surface area contributed by atoms with Crippen molar-refractivity contribution < 1.29 is 0 Å². The van der Waals surface area contributed by atoms with Crippen LogP contribution in [0.15, 0.2) is 34.8 Å². The summed E-state index contributed by atoms with van der Waals surface area (Å²) < 4.78 is 1.06. The molecule has 0 heterocycles. The summed E-state index contributed by atoms with van der Waals surface area (Å²) in [7, 11) is 0. The van der Waals surface area contributed by atoms with Gasteiger partial charge in [0.25, 0.3) is 0 Å². The Morgan fingerprint density at radius 3 is 2.76 bits per heavy atom. The lowest BCUT2D eigenvalue weighted by Gasteiger charge is -2.20. The van der Waals surface area contributed by atoms with Crippen LogP contribution in [-0.4, -0.2) is 6.54 Å². The molecular formula is C14H19BrClN. The van der Waals surface area contributed by atoms with Gasteiger partial charge in [-0.25, -0.2) is 0 Å². The molecule has 0 fully saturated rings. The lowest BCUT2D eigenvalue weighted by Crippen LogP contribution is -2.22. The minimum absolute atomic E-state index is 0.305. The molecule has 1 nitrogen and oxygen atoms in total. The molecule has 0 saturated carbocycles. The molecule has 1 rings (SSSR count). The van der Waals surface area contributed by atoms with Crippen LogP contribution < -0.4 is 5.32 Å². The Balaban J connectivity index is 2.90. The maximum Gasteiger partial charge on any atom is 0.0417 e. The Morgan fingerprint density at radius 2 is 2.24 bits per heavy atom. The van der Waals surface area contributed by atoms with E-state index in [0.717, 1.165) is 28.9 Å². The molecule has 94 valence electrons. The summed E-state index contributed by atoms with van der Waals surface area (Å²) in [5, 5.41) is 4.30. The molecule has 0 aliphatic heterocycles. The summed E-state index contributed by atoms with van der Waals surface area (Å²) in [6.07, 6.45) is 2.07. The first kappa shape index (κ1) is 14.7. The standard InChI is InChI=1S/C14H19BrClN/c1-4-7-17-14(8-10(2)3)12-6-5-11(16)9-13(12)15/h5-6,9,14,17H,2,4,7-8H2,1,3H3. The molecule has 1 unspecified atom stereocenters. The maximum absolute atomic E-state index is 5.96. The van der Waals surface area contributed by atoms with Crippen LogP contribution in [0.25, 0.3) is 0 Å². The SMILES string of the molecule is C=C(C)CC(NCCC)c1ccc(Cl)cc1Br. The molecule has 0 aliphatic carbocycles. The van der Waals surface area contributed by atoms with Crippen molar-refractivity contribution in [3.63, 3.8) is 0 Å². The molecule has 0 bridgehead atoms. The summed E-state index contributed by atoms with van der Waals surface area (Å²) >= 11 is 9.54. The molecule has 1 atom stereocenters. The van der Waals surface area contributed by atoms with Crippen LogP contribution in [0.4, 0.5) is 0 Å². The fourth-order valence-electron chi connectivity index (χ4n) is 1.74. The Bertz CT molecular complexity index is 390. The van der Waals surface area contributed by atoms with Crippen molar-refractivity contribution >= 4 is 27.5 Å². The highest BCUT2D eigenvalue weighted by Crippen LogP contribution is 2.29. The van der Waals surface area contributed by atoms with Gasteiger partial charge in [0.2, 0.25) is 0 Å². The van der Waals surface area contributed by atoms with Gasteiger partial charge in [-0.2, -0.15) is 0 Å². The molecule has 0 aliphatic rings. The Morgan fingerprint density at radius 1 is 1.53 bits per heavy atom. The molecule has 0 radical (unpaired) electrons. The highest BCUT2D eigenvalue weighted by molar-refractivity contribution is 9.10. The largest absolute Gasteiger partial charge is 0.310 e. The van der Waals surface area contributed by atoms with Crippen LogP contribution in [0, 0.1) is 0 Å². The summed E-state index contributed by atoms with van der Waals surface area (Å²) in [5.41, 5.74) is 2.42. The van der Waals surface area contributed by atoms with E-state index in [9.17, 15) is 0 Å². The van der Waals surface area contributed by atoms with Crippen LogP contribution in [0.2, 0.25) is 5.02 Å². The number of benzene rings is 1. The molecule has 0 spiro atoms. The smallest absolute Gasteiger partial charge is 0.0417 e. The zero-order chi connectivity index (χ0) is 12.8. The van der Waals surface area contributed by atoms with E-state index in [1.165, 1.54) is 11.1 Å². The monoisotopic (exact) mass is 315 g/mol. The number of rotatable bonds is 6. The summed E-state index contributed by atoms with van der Waals surface area (Å²) in [6, 6.07) is 6.25. The third-order valence-corrected chi connectivity index (χ3v) is 3.45. The number of nitrogens with one attached hydrogen (secondary N) is 1. The predicted octanol–water partition coefficient (Wildman–Crippen LogP) is 5.11. The van der Waals surface area contributed by atoms with Gasteiger partial charge in [-0.3, -0.25) is 0 Å². The minimum Gasteiger partial charge on any atom is -0.310 e. The molecular weight excluding hydrogens is 298 g/mol. The highest BCUT2D eigenvalue weighted by atomic mass is 79.9. The zero-order valence-corrected chi connectivity index (χ0v) is 12.7. The Labute approximate surface area is 117 Å². The van der Waals surface area contributed by atoms with E-state index in [-0.39, 0.29) is 0 Å². The molecule has 17 heavy (non-hydrogen) atoms. The van der Waals surface area contributed by atoms with Gasteiger partial charge in [0.1, 0.15) is 0 Å². The molecule has 3 heteroatoms. The second-order valence-electron chi connectivity index (χ2n) is 4.33. The Hall–Kier alpha value is -0.310. The summed E-state index contributed by atoms with van der Waals surface area (Å²) in [6.45, 7) is 9.23. The van der Waals surface area contributed by atoms with Crippen molar-refractivity contribution in [2.45, 2.75) is 32.7 Å². The van der Waals surface area contributed by atoms with Gasteiger partial charge in [0, 0.05) is 15.5 Å². The zero-order valence-electron chi connectivity index (χ0n) is 10.4. The second kappa shape index (κ2) is 7.20. The van der Waals surface area contributed by atoms with Crippen molar-refractivity contribution in [1.29, 1.82) is 0 Å². The molecule has 0 aromatic heterocycles. The third-order valence-electron chi connectivity index (χ3n) is 2.53. The van der Waals surface area contributed by atoms with Crippen molar-refractivity contribution in [2.75, 3.05) is 6.54 Å². The topological polar surface area (TPSA) is 12.0 Å². The summed E-state index contributed by atoms with van der Waals surface area (Å²) in [5.74, 6) is 0. The van der Waals surface area contributed by atoms with Crippen molar-refractivity contribution in [2.24, 2.45) is 0 Å². The average Bonchev–Trinajstić information content (AvgIpc) is 2.24. The van der Waals surface area contributed by atoms with Gasteiger partial charge >= 0.3 is 0 Å². The van der Waals surface area contributed by atoms with Crippen molar-refractivity contribution in [3.8, 4) is 0 Å². The van der Waals surface area contributed by atoms with Crippen LogP contribution in [-0.2, 0) is 0 Å². The normalized spacial score (nSPS) is 12.5. The van der Waals surface area contributed by atoms with E-state index < -0.39 is 0 Å². The van der Waals surface area contributed by atoms with Gasteiger partial charge in [-0.15, -0.1) is 6.58 Å². The maximum atomic E-state index is 5.96. The number of halogens is 2. The van der Waals surface area contributed by atoms with E-state index in [1.54, 1.807) is 0 Å². The van der Waals surface area contributed by atoms with E-state index in [1.807, 2.05) is 12.1 Å². The van der Waals surface area contributed by atoms with E-state index in [4.69, 9.17) is 11.6 Å². The molecule has 0 saturated heterocycles. The first-order valence-corrected chi connectivity index (χ1v) is 7.04. The van der Waals surface area contributed by atoms with Gasteiger partial charge in [0.15, 0.2) is 0 Å². The predicted molar refractivity (Wildman–Crippen MR) is 79.6 cm³/mol. The van der Waals surface area contributed by atoms with E-state index in [2.05, 4.69) is 47.7 Å². The molecule has 1 N–H and O–H groups in total. The first-order chi connectivity index (χ1) is 8.04. The molecule has 1 aromatic carbocycles. The summed E-state index contributed by atoms with van der Waals surface area (Å²) in [4.78, 5) is 0. The molecule has 1 aromatic rings. The van der Waals surface area contributed by atoms with E-state index in [0.29, 0.717) is 6.04 Å². The number of hydrogen-bond donors (Lipinski definition) is 1. The van der Waals surface area contributed by atoms with Gasteiger partial charge in [0.05, 0.1) is 0 Å². The van der Waals surface area contributed by atoms with Crippen molar-refractivity contribution in [3.05, 3.63) is 45.4 Å². The van der Waals surface area contributed by atoms with Gasteiger partial charge < -0.3 is 5.32 Å².